The van der Waals surface area contributed by atoms with Gasteiger partial charge in [-0.1, -0.05) is 19.4 Å². The smallest absolute Gasteiger partial charge is 0.224 e. The van der Waals surface area contributed by atoms with Gasteiger partial charge in [-0.3, -0.25) is 4.98 Å². The lowest BCUT2D eigenvalue weighted by molar-refractivity contribution is 0.126. The highest BCUT2D eigenvalue weighted by Crippen LogP contribution is 2.30. The van der Waals surface area contributed by atoms with Gasteiger partial charge in [0, 0.05) is 30.5 Å². The van der Waals surface area contributed by atoms with Gasteiger partial charge in [-0.2, -0.15) is 4.98 Å². The molecule has 2 aromatic rings. The number of nitrogens with zero attached hydrogens (tertiary/aromatic N) is 4. The largest absolute Gasteiger partial charge is 0.393 e. The first-order chi connectivity index (χ1) is 17.4. The molecule has 3 heterocycles. The Morgan fingerprint density at radius 1 is 1.00 bits per heavy atom. The molecule has 1 atom stereocenters. The zero-order valence-corrected chi connectivity index (χ0v) is 22.7. The van der Waals surface area contributed by atoms with Crippen LogP contribution in [0.5, 0.6) is 0 Å². The fourth-order valence-corrected chi connectivity index (χ4v) is 5.60. The number of aliphatic hydroxyl groups excluding tert-OH is 1. The van der Waals surface area contributed by atoms with Crippen molar-refractivity contribution in [2.45, 2.75) is 110 Å². The number of aliphatic hydroxyl groups is 1. The van der Waals surface area contributed by atoms with Gasteiger partial charge in [-0.05, 0) is 103 Å². The number of anilines is 2. The van der Waals surface area contributed by atoms with Crippen LogP contribution in [0.3, 0.4) is 0 Å². The summed E-state index contributed by atoms with van der Waals surface area (Å²) >= 11 is 0. The molecule has 36 heavy (non-hydrogen) atoms. The summed E-state index contributed by atoms with van der Waals surface area (Å²) < 4.78 is 0. The van der Waals surface area contributed by atoms with Crippen molar-refractivity contribution in [3.05, 3.63) is 30.1 Å². The molecular formula is C29H46N6O. The first-order valence-electron chi connectivity index (χ1n) is 14.2. The lowest BCUT2D eigenvalue weighted by atomic mass is 9.90. The van der Waals surface area contributed by atoms with E-state index in [4.69, 9.17) is 9.97 Å². The molecule has 1 saturated carbocycles. The summed E-state index contributed by atoms with van der Waals surface area (Å²) in [5.74, 6) is 2.23. The molecule has 0 radical (unpaired) electrons. The normalized spacial score (nSPS) is 22.5. The zero-order valence-electron chi connectivity index (χ0n) is 22.7. The van der Waals surface area contributed by atoms with E-state index < -0.39 is 0 Å². The third-order valence-electron chi connectivity index (χ3n) is 7.93. The average Bonchev–Trinajstić information content (AvgIpc) is 2.87. The highest BCUT2D eigenvalue weighted by Gasteiger charge is 2.23. The second-order valence-electron chi connectivity index (χ2n) is 11.3. The van der Waals surface area contributed by atoms with Crippen molar-refractivity contribution in [3.8, 4) is 11.3 Å². The lowest BCUT2D eigenvalue weighted by Gasteiger charge is -2.34. The Morgan fingerprint density at radius 2 is 1.75 bits per heavy atom. The molecule has 0 spiro atoms. The SMILES string of the molecule is CCC[C@H](C)Nc1ncc(-c2ccc(CC3CCN(C(C)C)CC3)cn2)c(N[C@H]2CC[C@H](O)CC2)n1. The maximum Gasteiger partial charge on any atom is 0.224 e. The highest BCUT2D eigenvalue weighted by molar-refractivity contribution is 5.73. The Balaban J connectivity index is 1.47. The molecule has 0 aromatic carbocycles. The van der Waals surface area contributed by atoms with Crippen molar-refractivity contribution >= 4 is 11.8 Å². The molecule has 7 nitrogen and oxygen atoms in total. The minimum atomic E-state index is -0.174. The molecule has 0 amide bonds. The van der Waals surface area contributed by atoms with Crippen LogP contribution in [0.4, 0.5) is 11.8 Å². The van der Waals surface area contributed by atoms with Crippen LogP contribution in [0.2, 0.25) is 0 Å². The van der Waals surface area contributed by atoms with E-state index in [9.17, 15) is 5.11 Å². The minimum Gasteiger partial charge on any atom is -0.393 e. The molecule has 0 bridgehead atoms. The maximum atomic E-state index is 9.92. The second-order valence-corrected chi connectivity index (χ2v) is 11.3. The van der Waals surface area contributed by atoms with Crippen molar-refractivity contribution in [1.82, 2.24) is 19.9 Å². The van der Waals surface area contributed by atoms with Crippen LogP contribution in [0.1, 0.15) is 84.6 Å². The molecule has 198 valence electrons. The molecule has 1 saturated heterocycles. The van der Waals surface area contributed by atoms with E-state index in [2.05, 4.69) is 60.3 Å². The summed E-state index contributed by atoms with van der Waals surface area (Å²) in [7, 11) is 0. The predicted molar refractivity (Wildman–Crippen MR) is 148 cm³/mol. The van der Waals surface area contributed by atoms with Crippen LogP contribution in [0.25, 0.3) is 11.3 Å². The van der Waals surface area contributed by atoms with Crippen molar-refractivity contribution in [3.63, 3.8) is 0 Å². The molecule has 3 N–H and O–H groups in total. The van der Waals surface area contributed by atoms with Crippen LogP contribution < -0.4 is 10.6 Å². The summed E-state index contributed by atoms with van der Waals surface area (Å²) in [6.07, 6.45) is 13.2. The predicted octanol–water partition coefficient (Wildman–Crippen LogP) is 5.52. The van der Waals surface area contributed by atoms with E-state index >= 15 is 0 Å². The summed E-state index contributed by atoms with van der Waals surface area (Å²) in [6, 6.07) is 5.63. The van der Waals surface area contributed by atoms with Gasteiger partial charge in [0.15, 0.2) is 0 Å². The van der Waals surface area contributed by atoms with Gasteiger partial charge < -0.3 is 20.6 Å². The number of nitrogens with one attached hydrogen (secondary N) is 2. The van der Waals surface area contributed by atoms with Crippen molar-refractivity contribution in [1.29, 1.82) is 0 Å². The monoisotopic (exact) mass is 494 g/mol. The Morgan fingerprint density at radius 3 is 2.39 bits per heavy atom. The number of pyridine rings is 1. The topological polar surface area (TPSA) is 86.2 Å². The Bertz CT molecular complexity index is 933. The molecule has 2 fully saturated rings. The number of hydrogen-bond acceptors (Lipinski definition) is 7. The van der Waals surface area contributed by atoms with Crippen LogP contribution in [0.15, 0.2) is 24.5 Å². The quantitative estimate of drug-likeness (QED) is 0.401. The van der Waals surface area contributed by atoms with Gasteiger partial charge >= 0.3 is 0 Å². The molecule has 7 heteroatoms. The lowest BCUT2D eigenvalue weighted by Crippen LogP contribution is -2.38. The standard InChI is InChI=1S/C29H46N6O/c1-5-6-21(4)32-29-31-19-26(28(34-29)33-24-8-10-25(36)11-9-24)27-12-7-23(18-30-27)17-22-13-15-35(16-14-22)20(2)3/h7,12,18-22,24-25,36H,5-6,8-11,13-17H2,1-4H3,(H2,31,32,33,34)/t21-,24-,25-/m0/s1. The number of hydrogen-bond donors (Lipinski definition) is 3. The Hall–Kier alpha value is -2.25. The van der Waals surface area contributed by atoms with E-state index in [0.29, 0.717) is 24.1 Å². The summed E-state index contributed by atoms with van der Waals surface area (Å²) in [6.45, 7) is 11.4. The van der Waals surface area contributed by atoms with Gasteiger partial charge in [0.25, 0.3) is 0 Å². The minimum absolute atomic E-state index is 0.174. The fraction of sp³-hybridized carbons (Fsp3) is 0.690. The molecule has 2 aromatic heterocycles. The van der Waals surface area contributed by atoms with Gasteiger partial charge in [0.1, 0.15) is 5.82 Å². The highest BCUT2D eigenvalue weighted by atomic mass is 16.3. The molecule has 4 rings (SSSR count). The molecule has 0 unspecified atom stereocenters. The van der Waals surface area contributed by atoms with Crippen molar-refractivity contribution in [2.24, 2.45) is 5.92 Å². The van der Waals surface area contributed by atoms with Crippen molar-refractivity contribution < 1.29 is 5.11 Å². The Kier molecular flexibility index (Phi) is 9.54. The fourth-order valence-electron chi connectivity index (χ4n) is 5.60. The van der Waals surface area contributed by atoms with Crippen LogP contribution in [-0.4, -0.2) is 62.3 Å². The van der Waals surface area contributed by atoms with E-state index in [0.717, 1.165) is 67.9 Å². The Labute approximate surface area is 217 Å². The average molecular weight is 495 g/mol. The number of rotatable bonds is 10. The van der Waals surface area contributed by atoms with Crippen LogP contribution >= 0.6 is 0 Å². The molecule has 2 aliphatic rings. The summed E-state index contributed by atoms with van der Waals surface area (Å²) in [4.78, 5) is 17.0. The van der Waals surface area contributed by atoms with Crippen molar-refractivity contribution in [2.75, 3.05) is 23.7 Å². The molecular weight excluding hydrogens is 448 g/mol. The zero-order chi connectivity index (χ0) is 25.5. The van der Waals surface area contributed by atoms with E-state index in [1.54, 1.807) is 0 Å². The van der Waals surface area contributed by atoms with Crippen LogP contribution in [-0.2, 0) is 6.42 Å². The van der Waals surface area contributed by atoms with E-state index in [1.165, 1.54) is 31.5 Å². The van der Waals surface area contributed by atoms with E-state index in [1.807, 2.05) is 12.4 Å². The van der Waals surface area contributed by atoms with Gasteiger partial charge in [-0.25, -0.2) is 4.98 Å². The first-order valence-corrected chi connectivity index (χ1v) is 14.2. The number of piperidine rings is 1. The van der Waals surface area contributed by atoms with Crippen LogP contribution in [0, 0.1) is 5.92 Å². The third kappa shape index (κ3) is 7.39. The molecule has 1 aliphatic heterocycles. The maximum absolute atomic E-state index is 9.92. The van der Waals surface area contributed by atoms with Gasteiger partial charge in [-0.15, -0.1) is 0 Å². The second kappa shape index (κ2) is 12.8. The van der Waals surface area contributed by atoms with Gasteiger partial charge in [0.05, 0.1) is 17.4 Å². The molecule has 1 aliphatic carbocycles. The number of aromatic nitrogens is 3. The summed E-state index contributed by atoms with van der Waals surface area (Å²) in [5, 5.41) is 17.0. The van der Waals surface area contributed by atoms with E-state index in [-0.39, 0.29) is 6.10 Å². The van der Waals surface area contributed by atoms with Gasteiger partial charge in [0.2, 0.25) is 5.95 Å². The summed E-state index contributed by atoms with van der Waals surface area (Å²) in [5.41, 5.74) is 3.15. The first kappa shape index (κ1) is 26.8. The third-order valence-corrected chi connectivity index (χ3v) is 7.93. The number of likely N-dealkylation sites (tertiary alicyclic amines) is 1.